The fourth-order valence-electron chi connectivity index (χ4n) is 2.51. The number of rotatable bonds is 6. The number of carboxylic acid groups (broad SMARTS) is 1. The normalized spacial score (nSPS) is 10.9. The van der Waals surface area contributed by atoms with Crippen LogP contribution in [-0.2, 0) is 11.8 Å². The third kappa shape index (κ3) is 6.70. The smallest absolute Gasteiger partial charge is 0.490 e. The summed E-state index contributed by atoms with van der Waals surface area (Å²) in [4.78, 5) is 21.3. The third-order valence-electron chi connectivity index (χ3n) is 4.00. The molecule has 14 heteroatoms. The fourth-order valence-corrected chi connectivity index (χ4v) is 2.78. The number of hydrogen-bond acceptors (Lipinski definition) is 7. The predicted octanol–water partition coefficient (Wildman–Crippen LogP) is 3.26. The monoisotopic (exact) mass is 489 g/mol. The maximum absolute atomic E-state index is 12.4. The Hall–Kier alpha value is -3.58. The van der Waals surface area contributed by atoms with E-state index in [4.69, 9.17) is 36.5 Å². The van der Waals surface area contributed by atoms with Crippen LogP contribution in [0.3, 0.4) is 0 Å². The van der Waals surface area contributed by atoms with Crippen molar-refractivity contribution in [1.29, 1.82) is 0 Å². The Morgan fingerprint density at radius 2 is 2.03 bits per heavy atom. The third-order valence-corrected chi connectivity index (χ3v) is 4.28. The van der Waals surface area contributed by atoms with Crippen LogP contribution in [0, 0.1) is 6.92 Å². The molecule has 0 bridgehead atoms. The lowest BCUT2D eigenvalue weighted by Crippen LogP contribution is -2.21. The van der Waals surface area contributed by atoms with Gasteiger partial charge < -0.3 is 25.4 Å². The first-order chi connectivity index (χ1) is 15.5. The number of halogens is 4. The molecule has 4 N–H and O–H groups in total. The molecule has 0 fully saturated rings. The Balaban J connectivity index is 0.000000479. The number of aliphatic carboxylic acids is 1. The van der Waals surface area contributed by atoms with Gasteiger partial charge in [0.1, 0.15) is 24.2 Å². The summed E-state index contributed by atoms with van der Waals surface area (Å²) in [7, 11) is 1.78. The predicted molar refractivity (Wildman–Crippen MR) is 111 cm³/mol. The van der Waals surface area contributed by atoms with Gasteiger partial charge in [-0.05, 0) is 25.1 Å². The summed E-state index contributed by atoms with van der Waals surface area (Å²) < 4.78 is 43.9. The average Bonchev–Trinajstić information content (AvgIpc) is 3.31. The molecule has 0 aliphatic rings. The van der Waals surface area contributed by atoms with Gasteiger partial charge in [0.05, 0.1) is 22.6 Å². The largest absolute Gasteiger partial charge is 0.492 e. The van der Waals surface area contributed by atoms with Crippen LogP contribution in [0.15, 0.2) is 35.2 Å². The van der Waals surface area contributed by atoms with Gasteiger partial charge in [-0.3, -0.25) is 9.48 Å². The van der Waals surface area contributed by atoms with Crippen molar-refractivity contribution in [3.63, 3.8) is 0 Å². The fraction of sp³-hybridized carbons (Fsp3) is 0.263. The van der Waals surface area contributed by atoms with Gasteiger partial charge in [-0.25, -0.2) is 4.79 Å². The van der Waals surface area contributed by atoms with Gasteiger partial charge in [-0.1, -0.05) is 16.8 Å². The molecule has 0 unspecified atom stereocenters. The zero-order chi connectivity index (χ0) is 24.8. The lowest BCUT2D eigenvalue weighted by atomic mass is 10.1. The minimum absolute atomic E-state index is 0.318. The van der Waals surface area contributed by atoms with Crippen molar-refractivity contribution in [2.45, 2.75) is 13.1 Å². The molecule has 10 nitrogen and oxygen atoms in total. The van der Waals surface area contributed by atoms with Crippen LogP contribution in [0.2, 0.25) is 5.02 Å². The Morgan fingerprint density at radius 3 is 2.52 bits per heavy atom. The summed E-state index contributed by atoms with van der Waals surface area (Å²) >= 11 is 6.27. The van der Waals surface area contributed by atoms with Gasteiger partial charge >= 0.3 is 12.1 Å². The average molecular weight is 490 g/mol. The number of aromatic nitrogens is 3. The summed E-state index contributed by atoms with van der Waals surface area (Å²) in [5.74, 6) is -2.48. The number of nitrogens with zero attached hydrogens (tertiary/aromatic N) is 3. The molecule has 0 spiro atoms. The standard InChI is InChI=1S/C17H18ClN5O3.C2HF3O2/c1-10-13(9-26-22-10)17(24)21-11-3-4-15(25-6-5-19)12(7-11)16-14(18)8-20-23(16)2;3-2(4,5)1(6)7/h3-4,7-9H,5-6,19H2,1-2H3,(H,21,24);(H,6,7). The van der Waals surface area contributed by atoms with Gasteiger partial charge in [0.25, 0.3) is 5.91 Å². The van der Waals surface area contributed by atoms with Crippen molar-refractivity contribution in [3.8, 4) is 17.0 Å². The number of amides is 1. The lowest BCUT2D eigenvalue weighted by Gasteiger charge is -2.14. The molecule has 178 valence electrons. The van der Waals surface area contributed by atoms with Crippen molar-refractivity contribution >= 4 is 29.2 Å². The number of benzene rings is 1. The molecule has 0 aliphatic heterocycles. The van der Waals surface area contributed by atoms with E-state index in [9.17, 15) is 18.0 Å². The molecule has 0 saturated heterocycles. The molecule has 0 atom stereocenters. The van der Waals surface area contributed by atoms with Crippen molar-refractivity contribution in [2.24, 2.45) is 12.8 Å². The van der Waals surface area contributed by atoms with Crippen molar-refractivity contribution < 1.29 is 37.1 Å². The van der Waals surface area contributed by atoms with Crippen LogP contribution in [0.25, 0.3) is 11.3 Å². The van der Waals surface area contributed by atoms with E-state index in [2.05, 4.69) is 15.6 Å². The van der Waals surface area contributed by atoms with Gasteiger partial charge in [-0.15, -0.1) is 0 Å². The molecule has 0 radical (unpaired) electrons. The number of hydrogen-bond donors (Lipinski definition) is 3. The topological polar surface area (TPSA) is 145 Å². The highest BCUT2D eigenvalue weighted by Crippen LogP contribution is 2.36. The summed E-state index contributed by atoms with van der Waals surface area (Å²) in [6.07, 6.45) is -2.22. The summed E-state index contributed by atoms with van der Waals surface area (Å²) in [6.45, 7) is 2.43. The molecule has 3 aromatic rings. The summed E-state index contributed by atoms with van der Waals surface area (Å²) in [5.41, 5.74) is 8.36. The van der Waals surface area contributed by atoms with Crippen LogP contribution in [-0.4, -0.2) is 51.2 Å². The number of aryl methyl sites for hydroxylation is 2. The molecule has 0 aliphatic carbocycles. The number of carbonyl (C=O) groups is 2. The minimum Gasteiger partial charge on any atom is -0.492 e. The van der Waals surface area contributed by atoms with Crippen LogP contribution >= 0.6 is 11.6 Å². The zero-order valence-corrected chi connectivity index (χ0v) is 18.1. The highest BCUT2D eigenvalue weighted by molar-refractivity contribution is 6.33. The number of nitrogens with one attached hydrogen (secondary N) is 1. The van der Waals surface area contributed by atoms with Crippen molar-refractivity contribution in [2.75, 3.05) is 18.5 Å². The number of ether oxygens (including phenoxy) is 1. The Bertz CT molecular complexity index is 1110. The van der Waals surface area contributed by atoms with E-state index in [0.29, 0.717) is 52.1 Å². The first kappa shape index (κ1) is 25.7. The summed E-state index contributed by atoms with van der Waals surface area (Å²) in [6, 6.07) is 5.26. The van der Waals surface area contributed by atoms with Crippen LogP contribution in [0.1, 0.15) is 16.1 Å². The van der Waals surface area contributed by atoms with E-state index < -0.39 is 12.1 Å². The number of alkyl halides is 3. The van der Waals surface area contributed by atoms with Crippen LogP contribution in [0.4, 0.5) is 18.9 Å². The first-order valence-electron chi connectivity index (χ1n) is 9.13. The molecule has 1 amide bonds. The first-order valence-corrected chi connectivity index (χ1v) is 9.50. The van der Waals surface area contributed by atoms with Gasteiger partial charge in [0.15, 0.2) is 0 Å². The molecular formula is C19H19ClF3N5O5. The minimum atomic E-state index is -5.08. The molecule has 33 heavy (non-hydrogen) atoms. The molecule has 2 aromatic heterocycles. The van der Waals surface area contributed by atoms with Gasteiger partial charge in [0.2, 0.25) is 0 Å². The molecule has 2 heterocycles. The highest BCUT2D eigenvalue weighted by Gasteiger charge is 2.38. The van der Waals surface area contributed by atoms with Crippen LogP contribution < -0.4 is 15.8 Å². The number of anilines is 1. The molecular weight excluding hydrogens is 471 g/mol. The van der Waals surface area contributed by atoms with E-state index >= 15 is 0 Å². The maximum atomic E-state index is 12.4. The molecule has 3 rings (SSSR count). The van der Waals surface area contributed by atoms with E-state index in [0.717, 1.165) is 0 Å². The SMILES string of the molecule is Cc1nocc1C(=O)Nc1ccc(OCCN)c(-c2c(Cl)cnn2C)c1.O=C(O)C(F)(F)F. The van der Waals surface area contributed by atoms with E-state index in [1.807, 2.05) is 0 Å². The van der Waals surface area contributed by atoms with Crippen molar-refractivity contribution in [1.82, 2.24) is 14.9 Å². The summed E-state index contributed by atoms with van der Waals surface area (Å²) in [5, 5.41) is 18.3. The van der Waals surface area contributed by atoms with Crippen LogP contribution in [0.5, 0.6) is 5.75 Å². The van der Waals surface area contributed by atoms with Gasteiger partial charge in [0, 0.05) is 24.8 Å². The second-order valence-electron chi connectivity index (χ2n) is 6.38. The van der Waals surface area contributed by atoms with Crippen molar-refractivity contribution in [3.05, 3.63) is 46.9 Å². The number of nitrogens with two attached hydrogens (primary N) is 1. The number of carbonyl (C=O) groups excluding carboxylic acids is 1. The van der Waals surface area contributed by atoms with E-state index in [1.54, 1.807) is 43.0 Å². The van der Waals surface area contributed by atoms with Gasteiger partial charge in [-0.2, -0.15) is 18.3 Å². The zero-order valence-electron chi connectivity index (χ0n) is 17.3. The second-order valence-corrected chi connectivity index (χ2v) is 6.79. The maximum Gasteiger partial charge on any atom is 0.490 e. The molecule has 0 saturated carbocycles. The van der Waals surface area contributed by atoms with E-state index in [1.165, 1.54) is 6.26 Å². The second kappa shape index (κ2) is 10.8. The Labute approximate surface area is 190 Å². The van der Waals surface area contributed by atoms with E-state index in [-0.39, 0.29) is 5.91 Å². The Kier molecular flexibility index (Phi) is 8.43. The Morgan fingerprint density at radius 1 is 1.36 bits per heavy atom. The highest BCUT2D eigenvalue weighted by atomic mass is 35.5. The lowest BCUT2D eigenvalue weighted by molar-refractivity contribution is -0.192. The number of carboxylic acids is 1. The quantitative estimate of drug-likeness (QED) is 0.478. The molecule has 1 aromatic carbocycles.